The molecule has 0 fully saturated rings. The lowest BCUT2D eigenvalue weighted by atomic mass is 10.1. The van der Waals surface area contributed by atoms with Crippen LogP contribution >= 0.6 is 0 Å². The lowest BCUT2D eigenvalue weighted by Gasteiger charge is -2.12. The normalized spacial score (nSPS) is 10.4. The minimum Gasteiger partial charge on any atom is -0.492 e. The van der Waals surface area contributed by atoms with Gasteiger partial charge in [0.2, 0.25) is 0 Å². The second kappa shape index (κ2) is 9.50. The number of benzene rings is 2. The number of ether oxygens (including phenoxy) is 1. The highest BCUT2D eigenvalue weighted by molar-refractivity contribution is 6.04. The van der Waals surface area contributed by atoms with Crippen molar-refractivity contribution in [3.8, 4) is 5.75 Å². The van der Waals surface area contributed by atoms with Crippen LogP contribution in [0.3, 0.4) is 0 Å². The van der Waals surface area contributed by atoms with Crippen molar-refractivity contribution in [2.24, 2.45) is 0 Å². The minimum atomic E-state index is -0.329. The van der Waals surface area contributed by atoms with Crippen LogP contribution in [0.25, 0.3) is 0 Å². The predicted molar refractivity (Wildman–Crippen MR) is 108 cm³/mol. The number of halogens is 1. The van der Waals surface area contributed by atoms with E-state index < -0.39 is 0 Å². The molecule has 0 bridgehead atoms. The number of nitrogens with zero attached hydrogens (tertiary/aromatic N) is 1. The molecular formula is C22H22FN3O2. The lowest BCUT2D eigenvalue weighted by molar-refractivity contribution is 0.102. The Morgan fingerprint density at radius 1 is 1.11 bits per heavy atom. The Labute approximate surface area is 163 Å². The number of anilines is 2. The molecule has 0 atom stereocenters. The maximum atomic E-state index is 13.7. The maximum Gasteiger partial charge on any atom is 0.274 e. The van der Waals surface area contributed by atoms with Gasteiger partial charge in [-0.25, -0.2) is 4.39 Å². The molecule has 1 aromatic heterocycles. The van der Waals surface area contributed by atoms with E-state index in [2.05, 4.69) is 15.6 Å². The first-order valence-corrected chi connectivity index (χ1v) is 9.14. The Kier molecular flexibility index (Phi) is 6.57. The molecule has 3 rings (SSSR count). The molecule has 0 radical (unpaired) electrons. The van der Waals surface area contributed by atoms with Gasteiger partial charge in [0.25, 0.3) is 5.91 Å². The van der Waals surface area contributed by atoms with Crippen molar-refractivity contribution in [2.45, 2.75) is 13.3 Å². The van der Waals surface area contributed by atoms with E-state index in [1.165, 1.54) is 6.07 Å². The zero-order valence-corrected chi connectivity index (χ0v) is 15.6. The van der Waals surface area contributed by atoms with Gasteiger partial charge in [0.05, 0.1) is 12.3 Å². The Morgan fingerprint density at radius 2 is 1.89 bits per heavy atom. The highest BCUT2D eigenvalue weighted by Crippen LogP contribution is 2.24. The number of amides is 1. The van der Waals surface area contributed by atoms with Crippen LogP contribution in [0.4, 0.5) is 15.8 Å². The Hall–Kier alpha value is -3.41. The number of rotatable bonds is 8. The fourth-order valence-corrected chi connectivity index (χ4v) is 2.74. The maximum absolute atomic E-state index is 13.7. The van der Waals surface area contributed by atoms with Crippen LogP contribution in [-0.2, 0) is 6.42 Å². The first-order chi connectivity index (χ1) is 13.7. The summed E-state index contributed by atoms with van der Waals surface area (Å²) < 4.78 is 19.2. The fraction of sp³-hybridized carbons (Fsp3) is 0.182. The molecule has 5 nitrogen and oxygen atoms in total. The van der Waals surface area contributed by atoms with Gasteiger partial charge in [-0.1, -0.05) is 30.3 Å². The molecule has 0 aliphatic carbocycles. The van der Waals surface area contributed by atoms with Gasteiger partial charge in [-0.3, -0.25) is 9.78 Å². The van der Waals surface area contributed by atoms with E-state index in [-0.39, 0.29) is 17.4 Å². The van der Waals surface area contributed by atoms with Crippen molar-refractivity contribution < 1.29 is 13.9 Å². The van der Waals surface area contributed by atoms with E-state index >= 15 is 0 Å². The molecule has 0 unspecified atom stereocenters. The van der Waals surface area contributed by atoms with E-state index in [1.807, 2.05) is 25.1 Å². The summed E-state index contributed by atoms with van der Waals surface area (Å²) in [6.07, 6.45) is 2.10. The molecular weight excluding hydrogens is 357 g/mol. The smallest absolute Gasteiger partial charge is 0.274 e. The standard InChI is InChI=1S/C22H22FN3O2/c1-2-28-21-10-6-5-9-19(21)26-22(27)20-15-17(12-14-25-20)24-13-11-16-7-3-4-8-18(16)23/h3-10,12,14-15H,2,11,13H2,1H3,(H,24,25)(H,26,27). The van der Waals surface area contributed by atoms with Crippen molar-refractivity contribution >= 4 is 17.3 Å². The summed E-state index contributed by atoms with van der Waals surface area (Å²) in [7, 11) is 0. The zero-order valence-electron chi connectivity index (χ0n) is 15.6. The van der Waals surface area contributed by atoms with Gasteiger partial charge in [-0.15, -0.1) is 0 Å². The first kappa shape index (κ1) is 19.4. The Bertz CT molecular complexity index is 946. The van der Waals surface area contributed by atoms with Crippen LogP contribution in [0, 0.1) is 5.82 Å². The van der Waals surface area contributed by atoms with Crippen molar-refractivity contribution in [1.29, 1.82) is 0 Å². The monoisotopic (exact) mass is 379 g/mol. The van der Waals surface area contributed by atoms with Crippen molar-refractivity contribution in [2.75, 3.05) is 23.8 Å². The van der Waals surface area contributed by atoms with Crippen molar-refractivity contribution in [3.63, 3.8) is 0 Å². The average Bonchev–Trinajstić information content (AvgIpc) is 2.71. The number of hydrogen-bond donors (Lipinski definition) is 2. The van der Waals surface area contributed by atoms with Crippen LogP contribution < -0.4 is 15.4 Å². The minimum absolute atomic E-state index is 0.216. The van der Waals surface area contributed by atoms with E-state index in [0.717, 1.165) is 5.69 Å². The summed E-state index contributed by atoms with van der Waals surface area (Å²) in [5.74, 6) is 0.0643. The molecule has 0 spiro atoms. The summed E-state index contributed by atoms with van der Waals surface area (Å²) in [6.45, 7) is 2.93. The number of carbonyl (C=O) groups is 1. The van der Waals surface area contributed by atoms with Gasteiger partial charge < -0.3 is 15.4 Å². The van der Waals surface area contributed by atoms with Crippen LogP contribution in [0.1, 0.15) is 23.0 Å². The summed E-state index contributed by atoms with van der Waals surface area (Å²) >= 11 is 0. The molecule has 28 heavy (non-hydrogen) atoms. The summed E-state index contributed by atoms with van der Waals surface area (Å²) in [5.41, 5.74) is 2.26. The van der Waals surface area contributed by atoms with Gasteiger partial charge in [-0.2, -0.15) is 0 Å². The van der Waals surface area contributed by atoms with Crippen molar-refractivity contribution in [3.05, 3.63) is 83.9 Å². The number of carbonyl (C=O) groups excluding carboxylic acids is 1. The molecule has 1 heterocycles. The number of pyridine rings is 1. The first-order valence-electron chi connectivity index (χ1n) is 9.14. The molecule has 1 amide bonds. The summed E-state index contributed by atoms with van der Waals surface area (Å²) in [6, 6.07) is 17.4. The predicted octanol–water partition coefficient (Wildman–Crippen LogP) is 4.53. The fourth-order valence-electron chi connectivity index (χ4n) is 2.74. The van der Waals surface area contributed by atoms with Crippen LogP contribution in [0.5, 0.6) is 5.75 Å². The molecule has 0 aliphatic rings. The van der Waals surface area contributed by atoms with Gasteiger partial charge in [0, 0.05) is 18.4 Å². The van der Waals surface area contributed by atoms with E-state index in [0.29, 0.717) is 36.6 Å². The average molecular weight is 379 g/mol. The largest absolute Gasteiger partial charge is 0.492 e. The molecule has 2 N–H and O–H groups in total. The molecule has 0 saturated heterocycles. The summed E-state index contributed by atoms with van der Waals surface area (Å²) in [4.78, 5) is 16.7. The molecule has 6 heteroatoms. The van der Waals surface area contributed by atoms with Crippen molar-refractivity contribution in [1.82, 2.24) is 4.98 Å². The van der Waals surface area contributed by atoms with Gasteiger partial charge in [-0.05, 0) is 49.2 Å². The van der Waals surface area contributed by atoms with Crippen LogP contribution in [0.2, 0.25) is 0 Å². The lowest BCUT2D eigenvalue weighted by Crippen LogP contribution is -2.15. The van der Waals surface area contributed by atoms with Gasteiger partial charge in [0.1, 0.15) is 17.3 Å². The van der Waals surface area contributed by atoms with Crippen LogP contribution in [-0.4, -0.2) is 24.0 Å². The Morgan fingerprint density at radius 3 is 2.71 bits per heavy atom. The molecule has 144 valence electrons. The molecule has 2 aromatic carbocycles. The van der Waals surface area contributed by atoms with E-state index in [1.54, 1.807) is 42.6 Å². The SMILES string of the molecule is CCOc1ccccc1NC(=O)c1cc(NCCc2ccccc2F)ccn1. The number of para-hydroxylation sites is 2. The highest BCUT2D eigenvalue weighted by atomic mass is 19.1. The van der Waals surface area contributed by atoms with Crippen LogP contribution in [0.15, 0.2) is 66.9 Å². The molecule has 0 aliphatic heterocycles. The Balaban J connectivity index is 1.62. The van der Waals surface area contributed by atoms with Gasteiger partial charge in [0.15, 0.2) is 0 Å². The number of hydrogen-bond acceptors (Lipinski definition) is 4. The third-order valence-corrected chi connectivity index (χ3v) is 4.11. The summed E-state index contributed by atoms with van der Waals surface area (Å²) in [5, 5.41) is 6.02. The number of aromatic nitrogens is 1. The molecule has 3 aromatic rings. The topological polar surface area (TPSA) is 63.2 Å². The number of nitrogens with one attached hydrogen (secondary N) is 2. The molecule has 0 saturated carbocycles. The third kappa shape index (κ3) is 5.07. The quantitative estimate of drug-likeness (QED) is 0.604. The van der Waals surface area contributed by atoms with E-state index in [9.17, 15) is 9.18 Å². The second-order valence-corrected chi connectivity index (χ2v) is 6.08. The highest BCUT2D eigenvalue weighted by Gasteiger charge is 2.11. The second-order valence-electron chi connectivity index (χ2n) is 6.08. The third-order valence-electron chi connectivity index (χ3n) is 4.11. The zero-order chi connectivity index (χ0) is 19.8. The van der Waals surface area contributed by atoms with E-state index in [4.69, 9.17) is 4.74 Å². The van der Waals surface area contributed by atoms with Gasteiger partial charge >= 0.3 is 0 Å².